The molecule has 0 aliphatic carbocycles. The Bertz CT molecular complexity index is 1480. The van der Waals surface area contributed by atoms with E-state index in [0.717, 1.165) is 33.4 Å². The van der Waals surface area contributed by atoms with Gasteiger partial charge in [-0.05, 0) is 24.2 Å². The molecule has 0 unspecified atom stereocenters. The Labute approximate surface area is 206 Å². The standard InChI is InChI=1S/C28H30N2O4Si/c1-29-27(31)25-20(18-10-7-9-13-23(18)33-2)16-22-24(26(25)28(29)32)19-11-6-8-12-21(19)30(22)17-34-14-15-35(3,4)5/h6-13,16H,14-15,17H2,1-5H3. The molecule has 1 aliphatic rings. The van der Waals surface area contributed by atoms with Gasteiger partial charge in [0.15, 0.2) is 0 Å². The first-order valence-corrected chi connectivity index (χ1v) is 15.5. The van der Waals surface area contributed by atoms with E-state index >= 15 is 0 Å². The van der Waals surface area contributed by atoms with E-state index in [1.807, 2.05) is 54.6 Å². The zero-order chi connectivity index (χ0) is 24.9. The molecule has 1 aromatic heterocycles. The highest BCUT2D eigenvalue weighted by Crippen LogP contribution is 2.44. The Morgan fingerprint density at radius 3 is 2.29 bits per heavy atom. The average molecular weight is 487 g/mol. The van der Waals surface area contributed by atoms with Gasteiger partial charge in [0.05, 0.1) is 29.3 Å². The lowest BCUT2D eigenvalue weighted by atomic mass is 9.92. The van der Waals surface area contributed by atoms with Gasteiger partial charge < -0.3 is 14.0 Å². The van der Waals surface area contributed by atoms with Gasteiger partial charge in [-0.25, -0.2) is 0 Å². The lowest BCUT2D eigenvalue weighted by Gasteiger charge is -2.16. The Kier molecular flexibility index (Phi) is 5.77. The summed E-state index contributed by atoms with van der Waals surface area (Å²) >= 11 is 0. The van der Waals surface area contributed by atoms with E-state index in [0.29, 0.717) is 35.8 Å². The molecular weight excluding hydrogens is 456 g/mol. The van der Waals surface area contributed by atoms with E-state index in [2.05, 4.69) is 24.2 Å². The molecule has 0 atom stereocenters. The number of hydrogen-bond donors (Lipinski definition) is 0. The lowest BCUT2D eigenvalue weighted by molar-refractivity contribution is 0.0694. The quantitative estimate of drug-likeness (QED) is 0.182. The molecule has 5 rings (SSSR count). The van der Waals surface area contributed by atoms with Crippen LogP contribution in [0.5, 0.6) is 5.75 Å². The second kappa shape index (κ2) is 8.66. The smallest absolute Gasteiger partial charge is 0.262 e. The molecule has 2 heterocycles. The Morgan fingerprint density at radius 2 is 1.54 bits per heavy atom. The third-order valence-electron chi connectivity index (χ3n) is 6.71. The van der Waals surface area contributed by atoms with Crippen LogP contribution < -0.4 is 4.74 Å². The summed E-state index contributed by atoms with van der Waals surface area (Å²) < 4.78 is 13.9. The van der Waals surface area contributed by atoms with E-state index in [1.54, 1.807) is 14.2 Å². The largest absolute Gasteiger partial charge is 0.496 e. The normalized spacial score (nSPS) is 13.8. The summed E-state index contributed by atoms with van der Waals surface area (Å²) in [6.07, 6.45) is 0. The number of imide groups is 1. The number of amides is 2. The van der Waals surface area contributed by atoms with Crippen LogP contribution >= 0.6 is 0 Å². The number of carbonyl (C=O) groups excluding carboxylic acids is 2. The highest BCUT2D eigenvalue weighted by Gasteiger charge is 2.39. The van der Waals surface area contributed by atoms with Crippen molar-refractivity contribution in [1.29, 1.82) is 0 Å². The van der Waals surface area contributed by atoms with Crippen LogP contribution in [0, 0.1) is 0 Å². The predicted molar refractivity (Wildman–Crippen MR) is 142 cm³/mol. The number of aromatic nitrogens is 1. The molecular formula is C28H30N2O4Si. The molecule has 4 aromatic rings. The van der Waals surface area contributed by atoms with Gasteiger partial charge in [-0.3, -0.25) is 14.5 Å². The van der Waals surface area contributed by atoms with Crippen LogP contribution in [-0.4, -0.2) is 50.1 Å². The summed E-state index contributed by atoms with van der Waals surface area (Å²) in [5, 5.41) is 1.74. The summed E-state index contributed by atoms with van der Waals surface area (Å²) in [4.78, 5) is 28.0. The topological polar surface area (TPSA) is 60.8 Å². The van der Waals surface area contributed by atoms with Gasteiger partial charge >= 0.3 is 0 Å². The van der Waals surface area contributed by atoms with E-state index in [4.69, 9.17) is 9.47 Å². The fourth-order valence-corrected chi connectivity index (χ4v) is 5.58. The van der Waals surface area contributed by atoms with Gasteiger partial charge in [0.1, 0.15) is 12.5 Å². The van der Waals surface area contributed by atoms with Crippen LogP contribution in [0.2, 0.25) is 25.7 Å². The van der Waals surface area contributed by atoms with Gasteiger partial charge in [0, 0.05) is 43.6 Å². The molecule has 0 N–H and O–H groups in total. The summed E-state index contributed by atoms with van der Waals surface area (Å²) in [5.74, 6) is 0.0724. The SMILES string of the molecule is COc1ccccc1-c1cc2c(c3c1C(=O)N(C)C3=O)c1ccccc1n2COCC[Si](C)(C)C. The number of rotatable bonds is 7. The summed E-state index contributed by atoms with van der Waals surface area (Å²) in [7, 11) is 1.93. The predicted octanol–water partition coefficient (Wildman–Crippen LogP) is 6.01. The minimum atomic E-state index is -1.22. The highest BCUT2D eigenvalue weighted by atomic mass is 28.3. The first kappa shape index (κ1) is 23.3. The molecule has 0 fully saturated rings. The number of hydrogen-bond acceptors (Lipinski definition) is 4. The number of ether oxygens (including phenoxy) is 2. The Morgan fingerprint density at radius 1 is 0.857 bits per heavy atom. The van der Waals surface area contributed by atoms with Gasteiger partial charge in [-0.15, -0.1) is 0 Å². The van der Waals surface area contributed by atoms with E-state index in [1.165, 1.54) is 4.90 Å². The van der Waals surface area contributed by atoms with Crippen LogP contribution in [0.1, 0.15) is 20.7 Å². The fraction of sp³-hybridized carbons (Fsp3) is 0.286. The van der Waals surface area contributed by atoms with Gasteiger partial charge in [-0.1, -0.05) is 56.0 Å². The van der Waals surface area contributed by atoms with Crippen molar-refractivity contribution in [2.24, 2.45) is 0 Å². The van der Waals surface area contributed by atoms with Crippen molar-refractivity contribution in [3.05, 3.63) is 65.7 Å². The number of carbonyl (C=O) groups is 2. The van der Waals surface area contributed by atoms with Crippen molar-refractivity contribution in [3.8, 4) is 16.9 Å². The van der Waals surface area contributed by atoms with Gasteiger partial charge in [0.25, 0.3) is 11.8 Å². The zero-order valence-corrected chi connectivity index (χ0v) is 21.8. The number of nitrogens with zero attached hydrogens (tertiary/aromatic N) is 2. The van der Waals surface area contributed by atoms with Crippen molar-refractivity contribution in [1.82, 2.24) is 9.47 Å². The Balaban J connectivity index is 1.79. The molecule has 0 bridgehead atoms. The third-order valence-corrected chi connectivity index (χ3v) is 8.42. The van der Waals surface area contributed by atoms with Crippen molar-refractivity contribution in [2.45, 2.75) is 32.4 Å². The number of methoxy groups -OCH3 is 1. The number of para-hydroxylation sites is 2. The van der Waals surface area contributed by atoms with Gasteiger partial charge in [-0.2, -0.15) is 0 Å². The maximum atomic E-state index is 13.4. The maximum absolute atomic E-state index is 13.4. The molecule has 0 spiro atoms. The summed E-state index contributed by atoms with van der Waals surface area (Å²) in [6.45, 7) is 8.06. The van der Waals surface area contributed by atoms with E-state index in [-0.39, 0.29) is 11.8 Å². The molecule has 0 saturated carbocycles. The minimum Gasteiger partial charge on any atom is -0.496 e. The lowest BCUT2D eigenvalue weighted by Crippen LogP contribution is -2.24. The van der Waals surface area contributed by atoms with Crippen LogP contribution in [-0.2, 0) is 11.5 Å². The van der Waals surface area contributed by atoms with Crippen LogP contribution in [0.15, 0.2) is 54.6 Å². The monoisotopic (exact) mass is 486 g/mol. The van der Waals surface area contributed by atoms with Crippen molar-refractivity contribution in [3.63, 3.8) is 0 Å². The van der Waals surface area contributed by atoms with Crippen LogP contribution in [0.3, 0.4) is 0 Å². The first-order valence-electron chi connectivity index (χ1n) is 11.8. The molecule has 0 saturated heterocycles. The molecule has 6 nitrogen and oxygen atoms in total. The second-order valence-corrected chi connectivity index (χ2v) is 15.9. The fourth-order valence-electron chi connectivity index (χ4n) is 4.82. The highest BCUT2D eigenvalue weighted by molar-refractivity contribution is 6.76. The summed E-state index contributed by atoms with van der Waals surface area (Å²) in [5.41, 5.74) is 4.20. The first-order chi connectivity index (χ1) is 16.7. The molecule has 3 aromatic carbocycles. The van der Waals surface area contributed by atoms with Crippen molar-refractivity contribution >= 4 is 41.7 Å². The second-order valence-electron chi connectivity index (χ2n) is 10.2. The zero-order valence-electron chi connectivity index (χ0n) is 20.8. The number of benzene rings is 3. The molecule has 35 heavy (non-hydrogen) atoms. The maximum Gasteiger partial charge on any atom is 0.262 e. The van der Waals surface area contributed by atoms with Crippen LogP contribution in [0.25, 0.3) is 32.9 Å². The number of fused-ring (bicyclic) bond motifs is 5. The minimum absolute atomic E-state index is 0.283. The van der Waals surface area contributed by atoms with Gasteiger partial charge in [0.2, 0.25) is 0 Å². The summed E-state index contributed by atoms with van der Waals surface area (Å²) in [6, 6.07) is 18.7. The van der Waals surface area contributed by atoms with Crippen LogP contribution in [0.4, 0.5) is 0 Å². The molecule has 2 amide bonds. The Hall–Kier alpha value is -3.42. The molecule has 180 valence electrons. The van der Waals surface area contributed by atoms with E-state index in [9.17, 15) is 9.59 Å². The van der Waals surface area contributed by atoms with Crippen molar-refractivity contribution in [2.75, 3.05) is 20.8 Å². The average Bonchev–Trinajstić information content (AvgIpc) is 3.27. The van der Waals surface area contributed by atoms with E-state index < -0.39 is 8.07 Å². The van der Waals surface area contributed by atoms with Crippen molar-refractivity contribution < 1.29 is 19.1 Å². The molecule has 1 aliphatic heterocycles. The third kappa shape index (κ3) is 3.85. The molecule has 0 radical (unpaired) electrons. The molecule has 7 heteroatoms.